The lowest BCUT2D eigenvalue weighted by Crippen LogP contribution is -1.97. The van der Waals surface area contributed by atoms with Gasteiger partial charge in [-0.1, -0.05) is 6.58 Å². The maximum atomic E-state index is 5.52. The summed E-state index contributed by atoms with van der Waals surface area (Å²) < 4.78 is 5.52. The molecule has 0 spiro atoms. The van der Waals surface area contributed by atoms with Crippen LogP contribution in [0.25, 0.3) is 11.3 Å². The van der Waals surface area contributed by atoms with Gasteiger partial charge in [0, 0.05) is 10.9 Å². The Morgan fingerprint density at radius 3 is 2.69 bits per heavy atom. The minimum absolute atomic E-state index is 0.566. The van der Waals surface area contributed by atoms with E-state index in [0.717, 1.165) is 22.6 Å². The molecule has 2 aromatic rings. The summed E-state index contributed by atoms with van der Waals surface area (Å²) in [6, 6.07) is 7.95. The molecule has 3 heteroatoms. The molecule has 0 bridgehead atoms. The van der Waals surface area contributed by atoms with Crippen LogP contribution in [0.3, 0.4) is 0 Å². The lowest BCUT2D eigenvalue weighted by Gasteiger charge is -2.05. The Hall–Kier alpha value is -1.61. The fraction of sp³-hybridized carbons (Fsp3) is 0.154. The Labute approximate surface area is 99.2 Å². The number of hydrogen-bond acceptors (Lipinski definition) is 3. The number of ether oxygens (including phenoxy) is 1. The highest BCUT2D eigenvalue weighted by Crippen LogP contribution is 2.22. The second kappa shape index (κ2) is 4.94. The Balaban J connectivity index is 2.08. The van der Waals surface area contributed by atoms with Crippen molar-refractivity contribution in [3.05, 3.63) is 47.3 Å². The van der Waals surface area contributed by atoms with Gasteiger partial charge in [-0.2, -0.15) is 0 Å². The summed E-state index contributed by atoms with van der Waals surface area (Å²) in [6.45, 7) is 6.31. The Kier molecular flexibility index (Phi) is 3.37. The second-order valence-corrected chi connectivity index (χ2v) is 4.36. The van der Waals surface area contributed by atoms with Gasteiger partial charge in [0.05, 0.1) is 11.2 Å². The van der Waals surface area contributed by atoms with Gasteiger partial charge in [-0.25, -0.2) is 4.98 Å². The largest absolute Gasteiger partial charge is 0.489 e. The standard InChI is InChI=1S/C13H13NOS/c1-10(2)7-15-12-5-3-11(4-6-12)13-8-16-9-14-13/h3-6,8-9H,1,7H2,2H3. The summed E-state index contributed by atoms with van der Waals surface area (Å²) in [5.74, 6) is 0.863. The third-order valence-electron chi connectivity index (χ3n) is 2.07. The minimum atomic E-state index is 0.566. The van der Waals surface area contributed by atoms with Crippen LogP contribution in [0.5, 0.6) is 5.75 Å². The van der Waals surface area contributed by atoms with Gasteiger partial charge in [-0.05, 0) is 36.8 Å². The highest BCUT2D eigenvalue weighted by Gasteiger charge is 2.00. The first kappa shape index (κ1) is 10.9. The van der Waals surface area contributed by atoms with Crippen molar-refractivity contribution in [2.45, 2.75) is 6.92 Å². The fourth-order valence-electron chi connectivity index (χ4n) is 1.28. The van der Waals surface area contributed by atoms with Crippen LogP contribution >= 0.6 is 11.3 Å². The van der Waals surface area contributed by atoms with Crippen LogP contribution in [-0.2, 0) is 0 Å². The van der Waals surface area contributed by atoms with Crippen molar-refractivity contribution >= 4 is 11.3 Å². The number of thiazole rings is 1. The van der Waals surface area contributed by atoms with Crippen LogP contribution < -0.4 is 4.74 Å². The van der Waals surface area contributed by atoms with E-state index >= 15 is 0 Å². The molecule has 0 saturated heterocycles. The molecule has 0 aliphatic carbocycles. The zero-order valence-electron chi connectivity index (χ0n) is 9.14. The van der Waals surface area contributed by atoms with Crippen molar-refractivity contribution in [3.8, 4) is 17.0 Å². The van der Waals surface area contributed by atoms with Gasteiger partial charge < -0.3 is 4.74 Å². The van der Waals surface area contributed by atoms with Crippen LogP contribution in [0, 0.1) is 0 Å². The van der Waals surface area contributed by atoms with Crippen molar-refractivity contribution in [1.82, 2.24) is 4.98 Å². The van der Waals surface area contributed by atoms with Crippen molar-refractivity contribution < 1.29 is 4.74 Å². The molecule has 0 unspecified atom stereocenters. The van der Waals surface area contributed by atoms with Gasteiger partial charge in [0.1, 0.15) is 12.4 Å². The first-order valence-corrected chi connectivity index (χ1v) is 5.96. The molecule has 1 heterocycles. The van der Waals surface area contributed by atoms with Gasteiger partial charge in [-0.15, -0.1) is 11.3 Å². The molecular formula is C13H13NOS. The van der Waals surface area contributed by atoms with E-state index in [2.05, 4.69) is 11.6 Å². The summed E-state index contributed by atoms with van der Waals surface area (Å²) in [6.07, 6.45) is 0. The quantitative estimate of drug-likeness (QED) is 0.747. The van der Waals surface area contributed by atoms with E-state index in [1.54, 1.807) is 11.3 Å². The van der Waals surface area contributed by atoms with Crippen LogP contribution in [0.1, 0.15) is 6.92 Å². The summed E-state index contributed by atoms with van der Waals surface area (Å²) in [4.78, 5) is 4.25. The van der Waals surface area contributed by atoms with Crippen molar-refractivity contribution in [2.75, 3.05) is 6.61 Å². The van der Waals surface area contributed by atoms with Crippen molar-refractivity contribution in [1.29, 1.82) is 0 Å². The molecule has 0 fully saturated rings. The van der Waals surface area contributed by atoms with Gasteiger partial charge in [0.2, 0.25) is 0 Å². The van der Waals surface area contributed by atoms with Crippen LogP contribution in [0.15, 0.2) is 47.3 Å². The monoisotopic (exact) mass is 231 g/mol. The predicted molar refractivity (Wildman–Crippen MR) is 67.9 cm³/mol. The van der Waals surface area contributed by atoms with Gasteiger partial charge in [-0.3, -0.25) is 0 Å². The lowest BCUT2D eigenvalue weighted by atomic mass is 10.2. The normalized spacial score (nSPS) is 10.1. The van der Waals surface area contributed by atoms with E-state index in [4.69, 9.17) is 4.74 Å². The van der Waals surface area contributed by atoms with E-state index in [9.17, 15) is 0 Å². The number of nitrogens with zero attached hydrogens (tertiary/aromatic N) is 1. The predicted octanol–water partition coefficient (Wildman–Crippen LogP) is 3.77. The Morgan fingerprint density at radius 2 is 2.12 bits per heavy atom. The zero-order valence-corrected chi connectivity index (χ0v) is 9.96. The molecule has 2 rings (SSSR count). The number of aromatic nitrogens is 1. The molecule has 0 N–H and O–H groups in total. The molecule has 1 aromatic carbocycles. The molecule has 2 nitrogen and oxygen atoms in total. The van der Waals surface area contributed by atoms with Gasteiger partial charge in [0.25, 0.3) is 0 Å². The molecule has 0 aliphatic rings. The van der Waals surface area contributed by atoms with Crippen molar-refractivity contribution in [3.63, 3.8) is 0 Å². The average Bonchev–Trinajstić information content (AvgIpc) is 2.80. The molecular weight excluding hydrogens is 218 g/mol. The third-order valence-corrected chi connectivity index (χ3v) is 2.65. The molecule has 0 radical (unpaired) electrons. The third kappa shape index (κ3) is 2.70. The maximum absolute atomic E-state index is 5.52. The first-order valence-electron chi connectivity index (χ1n) is 5.01. The zero-order chi connectivity index (χ0) is 11.4. The minimum Gasteiger partial charge on any atom is -0.489 e. The van der Waals surface area contributed by atoms with Crippen LogP contribution in [-0.4, -0.2) is 11.6 Å². The summed E-state index contributed by atoms with van der Waals surface area (Å²) in [5, 5.41) is 2.03. The molecule has 82 valence electrons. The van der Waals surface area contributed by atoms with E-state index in [1.165, 1.54) is 0 Å². The molecule has 0 aliphatic heterocycles. The highest BCUT2D eigenvalue weighted by atomic mass is 32.1. The average molecular weight is 231 g/mol. The second-order valence-electron chi connectivity index (χ2n) is 3.64. The topological polar surface area (TPSA) is 22.1 Å². The van der Waals surface area contributed by atoms with Gasteiger partial charge in [0.15, 0.2) is 0 Å². The van der Waals surface area contributed by atoms with Gasteiger partial charge >= 0.3 is 0 Å². The highest BCUT2D eigenvalue weighted by molar-refractivity contribution is 7.07. The first-order chi connectivity index (χ1) is 7.75. The maximum Gasteiger partial charge on any atom is 0.119 e. The SMILES string of the molecule is C=C(C)COc1ccc(-c2cscn2)cc1. The van der Waals surface area contributed by atoms with E-state index in [-0.39, 0.29) is 0 Å². The molecule has 0 amide bonds. The van der Waals surface area contributed by atoms with E-state index in [0.29, 0.717) is 6.61 Å². The smallest absolute Gasteiger partial charge is 0.119 e. The Bertz CT molecular complexity index is 459. The number of rotatable bonds is 4. The van der Waals surface area contributed by atoms with E-state index in [1.807, 2.05) is 42.1 Å². The van der Waals surface area contributed by atoms with E-state index < -0.39 is 0 Å². The van der Waals surface area contributed by atoms with Crippen molar-refractivity contribution in [2.24, 2.45) is 0 Å². The van der Waals surface area contributed by atoms with Crippen LogP contribution in [0.4, 0.5) is 0 Å². The number of benzene rings is 1. The fourth-order valence-corrected chi connectivity index (χ4v) is 1.84. The summed E-state index contributed by atoms with van der Waals surface area (Å²) in [5.41, 5.74) is 4.98. The van der Waals surface area contributed by atoms with Crippen LogP contribution in [0.2, 0.25) is 0 Å². The Morgan fingerprint density at radius 1 is 1.38 bits per heavy atom. The summed E-state index contributed by atoms with van der Waals surface area (Å²) in [7, 11) is 0. The molecule has 0 saturated carbocycles. The lowest BCUT2D eigenvalue weighted by molar-refractivity contribution is 0.353. The molecule has 16 heavy (non-hydrogen) atoms. The molecule has 0 atom stereocenters. The number of hydrogen-bond donors (Lipinski definition) is 0. The summed E-state index contributed by atoms with van der Waals surface area (Å²) >= 11 is 1.60. The molecule has 1 aromatic heterocycles.